The molecule has 1 saturated heterocycles. The average molecular weight is 352 g/mol. The first-order valence-corrected chi connectivity index (χ1v) is 8.47. The Morgan fingerprint density at radius 1 is 1.12 bits per heavy atom. The summed E-state index contributed by atoms with van der Waals surface area (Å²) >= 11 is 0. The fraction of sp³-hybridized carbons (Fsp3) is 0.263. The first-order valence-electron chi connectivity index (χ1n) is 8.47. The van der Waals surface area contributed by atoms with Crippen molar-refractivity contribution in [3.05, 3.63) is 53.9 Å². The lowest BCUT2D eigenvalue weighted by Gasteiger charge is -2.15. The third kappa shape index (κ3) is 2.52. The number of furan rings is 1. The molecule has 132 valence electrons. The van der Waals surface area contributed by atoms with Gasteiger partial charge in [-0.2, -0.15) is 0 Å². The maximum Gasteiger partial charge on any atom is 0.276 e. The lowest BCUT2D eigenvalue weighted by Crippen LogP contribution is -2.28. The van der Waals surface area contributed by atoms with Gasteiger partial charge in [-0.05, 0) is 36.2 Å². The van der Waals surface area contributed by atoms with Gasteiger partial charge in [0.05, 0.1) is 6.26 Å². The molecule has 0 unspecified atom stereocenters. The minimum atomic E-state index is -0.130. The molecular weight excluding hydrogens is 336 g/mol. The van der Waals surface area contributed by atoms with Crippen molar-refractivity contribution in [3.63, 3.8) is 0 Å². The third-order valence-corrected chi connectivity index (χ3v) is 4.84. The quantitative estimate of drug-likeness (QED) is 0.720. The molecular formula is C19H16N2O5. The Balaban J connectivity index is 1.30. The van der Waals surface area contributed by atoms with Crippen molar-refractivity contribution in [1.82, 2.24) is 10.1 Å². The molecule has 0 N–H and O–H groups in total. The highest BCUT2D eigenvalue weighted by atomic mass is 16.7. The van der Waals surface area contributed by atoms with Crippen LogP contribution in [0, 0.1) is 0 Å². The van der Waals surface area contributed by atoms with E-state index in [1.54, 1.807) is 29.4 Å². The predicted molar refractivity (Wildman–Crippen MR) is 90.0 cm³/mol. The molecule has 5 rings (SSSR count). The maximum atomic E-state index is 12.7. The van der Waals surface area contributed by atoms with Crippen LogP contribution in [0.3, 0.4) is 0 Å². The van der Waals surface area contributed by atoms with E-state index in [0.29, 0.717) is 30.3 Å². The molecule has 0 bridgehead atoms. The zero-order valence-electron chi connectivity index (χ0n) is 13.9. The summed E-state index contributed by atoms with van der Waals surface area (Å²) in [6, 6.07) is 11.1. The van der Waals surface area contributed by atoms with Crippen LogP contribution in [0.5, 0.6) is 11.5 Å². The lowest BCUT2D eigenvalue weighted by atomic mass is 9.98. The summed E-state index contributed by atoms with van der Waals surface area (Å²) < 4.78 is 21.3. The van der Waals surface area contributed by atoms with E-state index in [1.807, 2.05) is 18.2 Å². The highest BCUT2D eigenvalue weighted by Crippen LogP contribution is 2.37. The molecule has 0 saturated carbocycles. The first-order chi connectivity index (χ1) is 12.8. The average Bonchev–Trinajstić information content (AvgIpc) is 3.47. The minimum absolute atomic E-state index is 0.130. The van der Waals surface area contributed by atoms with E-state index >= 15 is 0 Å². The Morgan fingerprint density at radius 3 is 2.92 bits per heavy atom. The molecule has 3 aromatic rings. The second kappa shape index (κ2) is 5.94. The molecule has 1 atom stereocenters. The summed E-state index contributed by atoms with van der Waals surface area (Å²) in [6.45, 7) is 1.58. The van der Waals surface area contributed by atoms with Crippen LogP contribution in [0.25, 0.3) is 11.5 Å². The van der Waals surface area contributed by atoms with Crippen LogP contribution in [0.1, 0.15) is 28.4 Å². The highest BCUT2D eigenvalue weighted by molar-refractivity contribution is 5.93. The summed E-state index contributed by atoms with van der Waals surface area (Å²) in [5.74, 6) is 2.68. The molecule has 0 aliphatic carbocycles. The highest BCUT2D eigenvalue weighted by Gasteiger charge is 2.30. The van der Waals surface area contributed by atoms with Crippen LogP contribution < -0.4 is 9.47 Å². The minimum Gasteiger partial charge on any atom is -0.461 e. The van der Waals surface area contributed by atoms with Gasteiger partial charge in [0, 0.05) is 25.1 Å². The van der Waals surface area contributed by atoms with Gasteiger partial charge < -0.3 is 23.3 Å². The molecule has 4 heterocycles. The molecule has 0 spiro atoms. The number of fused-ring (bicyclic) bond motifs is 1. The van der Waals surface area contributed by atoms with Crippen molar-refractivity contribution < 1.29 is 23.2 Å². The van der Waals surface area contributed by atoms with E-state index in [-0.39, 0.29) is 18.6 Å². The number of benzene rings is 1. The summed E-state index contributed by atoms with van der Waals surface area (Å²) in [4.78, 5) is 14.5. The second-order valence-corrected chi connectivity index (χ2v) is 6.40. The fourth-order valence-electron chi connectivity index (χ4n) is 3.46. The SMILES string of the molecule is O=C(c1cc(-c2ccco2)on1)N1CC[C@H](c2ccc3c(c2)OCO3)C1. The topological polar surface area (TPSA) is 77.9 Å². The number of hydrogen-bond acceptors (Lipinski definition) is 6. The molecule has 1 amide bonds. The van der Waals surface area contributed by atoms with Gasteiger partial charge in [-0.25, -0.2) is 0 Å². The second-order valence-electron chi connectivity index (χ2n) is 6.40. The summed E-state index contributed by atoms with van der Waals surface area (Å²) in [7, 11) is 0. The lowest BCUT2D eigenvalue weighted by molar-refractivity contribution is 0.0780. The van der Waals surface area contributed by atoms with Crippen LogP contribution in [0.15, 0.2) is 51.6 Å². The van der Waals surface area contributed by atoms with Crippen LogP contribution in [0.4, 0.5) is 0 Å². The molecule has 2 aliphatic heterocycles. The van der Waals surface area contributed by atoms with E-state index in [1.165, 1.54) is 0 Å². The molecule has 26 heavy (non-hydrogen) atoms. The van der Waals surface area contributed by atoms with Crippen LogP contribution in [-0.4, -0.2) is 35.8 Å². The van der Waals surface area contributed by atoms with E-state index in [9.17, 15) is 4.79 Å². The van der Waals surface area contributed by atoms with Crippen molar-refractivity contribution in [2.45, 2.75) is 12.3 Å². The van der Waals surface area contributed by atoms with Gasteiger partial charge >= 0.3 is 0 Å². The van der Waals surface area contributed by atoms with Gasteiger partial charge in [-0.15, -0.1) is 0 Å². The molecule has 2 aromatic heterocycles. The van der Waals surface area contributed by atoms with Gasteiger partial charge in [0.1, 0.15) is 0 Å². The molecule has 0 radical (unpaired) electrons. The number of nitrogens with zero attached hydrogens (tertiary/aromatic N) is 2. The smallest absolute Gasteiger partial charge is 0.276 e. The Kier molecular flexibility index (Phi) is 3.44. The third-order valence-electron chi connectivity index (χ3n) is 4.84. The van der Waals surface area contributed by atoms with E-state index < -0.39 is 0 Å². The monoisotopic (exact) mass is 352 g/mol. The Bertz CT molecular complexity index is 947. The van der Waals surface area contributed by atoms with Crippen LogP contribution in [-0.2, 0) is 0 Å². The Hall–Kier alpha value is -3.22. The number of carbonyl (C=O) groups is 1. The normalized spacial score (nSPS) is 18.5. The first kappa shape index (κ1) is 15.1. The number of hydrogen-bond donors (Lipinski definition) is 0. The van der Waals surface area contributed by atoms with Gasteiger partial charge in [0.15, 0.2) is 23.0 Å². The molecule has 1 fully saturated rings. The van der Waals surface area contributed by atoms with Crippen molar-refractivity contribution >= 4 is 5.91 Å². The number of amides is 1. The zero-order valence-corrected chi connectivity index (χ0v) is 13.9. The standard InChI is InChI=1S/C19H16N2O5/c22-19(14-9-18(26-20-14)15-2-1-7-23-15)21-6-5-13(10-21)12-3-4-16-17(8-12)25-11-24-16/h1-4,7-9,13H,5-6,10-11H2/t13-/m0/s1. The van der Waals surface area contributed by atoms with Gasteiger partial charge in [-0.3, -0.25) is 4.79 Å². The Morgan fingerprint density at radius 2 is 2.04 bits per heavy atom. The summed E-state index contributed by atoms with van der Waals surface area (Å²) in [6.07, 6.45) is 2.45. The Labute approximate surface area is 149 Å². The van der Waals surface area contributed by atoms with Crippen LogP contribution in [0.2, 0.25) is 0 Å². The van der Waals surface area contributed by atoms with E-state index in [0.717, 1.165) is 23.5 Å². The van der Waals surface area contributed by atoms with Crippen molar-refractivity contribution in [2.24, 2.45) is 0 Å². The van der Waals surface area contributed by atoms with E-state index in [4.69, 9.17) is 18.4 Å². The van der Waals surface area contributed by atoms with Crippen LogP contribution >= 0.6 is 0 Å². The predicted octanol–water partition coefficient (Wildman–Crippen LogP) is 3.29. The fourth-order valence-corrected chi connectivity index (χ4v) is 3.46. The number of ether oxygens (including phenoxy) is 2. The number of carbonyl (C=O) groups excluding carboxylic acids is 1. The van der Waals surface area contributed by atoms with Crippen molar-refractivity contribution in [3.8, 4) is 23.0 Å². The summed E-state index contributed by atoms with van der Waals surface area (Å²) in [5.41, 5.74) is 1.45. The molecule has 7 nitrogen and oxygen atoms in total. The zero-order chi connectivity index (χ0) is 17.5. The molecule has 2 aliphatic rings. The number of aromatic nitrogens is 1. The van der Waals surface area contributed by atoms with Crippen molar-refractivity contribution in [2.75, 3.05) is 19.9 Å². The van der Waals surface area contributed by atoms with Gasteiger partial charge in [0.2, 0.25) is 12.6 Å². The van der Waals surface area contributed by atoms with Gasteiger partial charge in [0.25, 0.3) is 5.91 Å². The largest absolute Gasteiger partial charge is 0.461 e. The molecule has 1 aromatic carbocycles. The summed E-state index contributed by atoms with van der Waals surface area (Å²) in [5, 5.41) is 3.90. The molecule has 7 heteroatoms. The maximum absolute atomic E-state index is 12.7. The number of likely N-dealkylation sites (tertiary alicyclic amines) is 1. The van der Waals surface area contributed by atoms with Crippen molar-refractivity contribution in [1.29, 1.82) is 0 Å². The van der Waals surface area contributed by atoms with E-state index in [2.05, 4.69) is 5.16 Å². The number of rotatable bonds is 3. The van der Waals surface area contributed by atoms with Gasteiger partial charge in [-0.1, -0.05) is 11.2 Å².